The van der Waals surface area contributed by atoms with Crippen molar-refractivity contribution in [1.29, 1.82) is 0 Å². The Bertz CT molecular complexity index is 817. The molecule has 6 nitrogen and oxygen atoms in total. The van der Waals surface area contributed by atoms with Crippen molar-refractivity contribution in [3.63, 3.8) is 0 Å². The summed E-state index contributed by atoms with van der Waals surface area (Å²) in [6, 6.07) is 13.0. The van der Waals surface area contributed by atoms with Crippen molar-refractivity contribution in [2.24, 2.45) is 0 Å². The molecule has 0 aliphatic heterocycles. The maximum atomic E-state index is 12.6. The minimum Gasteiger partial charge on any atom is -0.342 e. The lowest BCUT2D eigenvalue weighted by Gasteiger charge is -2.19. The van der Waals surface area contributed by atoms with Crippen LogP contribution in [-0.4, -0.2) is 34.8 Å². The number of nitrogens with zero attached hydrogens (tertiary/aromatic N) is 2. The fourth-order valence-electron chi connectivity index (χ4n) is 2.38. The van der Waals surface area contributed by atoms with Crippen LogP contribution in [0.5, 0.6) is 0 Å². The first-order valence-corrected chi connectivity index (χ1v) is 7.75. The lowest BCUT2D eigenvalue weighted by molar-refractivity contribution is -0.128. The zero-order valence-electron chi connectivity index (χ0n) is 14.4. The molecule has 2 aromatic rings. The van der Waals surface area contributed by atoms with Crippen LogP contribution in [0.1, 0.15) is 40.1 Å². The summed E-state index contributed by atoms with van der Waals surface area (Å²) in [5.41, 5.74) is 1.41. The van der Waals surface area contributed by atoms with Gasteiger partial charge in [-0.3, -0.25) is 19.6 Å². The number of carbonyl (C=O) groups excluding carboxylic acids is 3. The summed E-state index contributed by atoms with van der Waals surface area (Å²) in [5.74, 6) is -1.03. The average Bonchev–Trinajstić information content (AvgIpc) is 2.60. The molecule has 25 heavy (non-hydrogen) atoms. The summed E-state index contributed by atoms with van der Waals surface area (Å²) in [7, 11) is 1.67. The lowest BCUT2D eigenvalue weighted by atomic mass is 10.0. The Morgan fingerprint density at radius 3 is 2.20 bits per heavy atom. The number of benzene rings is 2. The SMILES string of the molecule is CC(=O)c1ccccc1C(=O)N(O)c1cccc(CN(C)C(C)=O)c1. The Labute approximate surface area is 146 Å². The van der Waals surface area contributed by atoms with E-state index < -0.39 is 5.91 Å². The van der Waals surface area contributed by atoms with Gasteiger partial charge in [0, 0.05) is 26.1 Å². The minimum atomic E-state index is -0.692. The molecular weight excluding hydrogens is 320 g/mol. The van der Waals surface area contributed by atoms with Gasteiger partial charge in [-0.1, -0.05) is 30.3 Å². The maximum absolute atomic E-state index is 12.6. The second-order valence-electron chi connectivity index (χ2n) is 5.76. The Morgan fingerprint density at radius 2 is 1.60 bits per heavy atom. The quantitative estimate of drug-likeness (QED) is 0.516. The van der Waals surface area contributed by atoms with E-state index in [2.05, 4.69) is 0 Å². The van der Waals surface area contributed by atoms with E-state index in [1.54, 1.807) is 49.5 Å². The molecule has 0 saturated carbocycles. The first-order valence-electron chi connectivity index (χ1n) is 7.75. The third-order valence-corrected chi connectivity index (χ3v) is 3.84. The highest BCUT2D eigenvalue weighted by Gasteiger charge is 2.20. The van der Waals surface area contributed by atoms with Crippen LogP contribution in [0.3, 0.4) is 0 Å². The van der Waals surface area contributed by atoms with Gasteiger partial charge in [0.2, 0.25) is 5.91 Å². The molecule has 0 unspecified atom stereocenters. The average molecular weight is 340 g/mol. The van der Waals surface area contributed by atoms with E-state index in [4.69, 9.17) is 0 Å². The van der Waals surface area contributed by atoms with Crippen molar-refractivity contribution in [1.82, 2.24) is 4.90 Å². The molecule has 0 aromatic heterocycles. The van der Waals surface area contributed by atoms with Crippen molar-refractivity contribution >= 4 is 23.3 Å². The normalized spacial score (nSPS) is 10.2. The number of hydrogen-bond donors (Lipinski definition) is 1. The molecule has 2 amide bonds. The van der Waals surface area contributed by atoms with Crippen LogP contribution >= 0.6 is 0 Å². The van der Waals surface area contributed by atoms with E-state index in [9.17, 15) is 19.6 Å². The number of amides is 2. The van der Waals surface area contributed by atoms with E-state index >= 15 is 0 Å². The Kier molecular flexibility index (Phi) is 5.67. The zero-order chi connectivity index (χ0) is 18.6. The van der Waals surface area contributed by atoms with Crippen LogP contribution in [0.25, 0.3) is 0 Å². The summed E-state index contributed by atoms with van der Waals surface area (Å²) >= 11 is 0. The molecular formula is C19H20N2O4. The third kappa shape index (κ3) is 4.30. The topological polar surface area (TPSA) is 77.9 Å². The molecule has 0 saturated heterocycles. The Hall–Kier alpha value is -2.99. The molecule has 0 atom stereocenters. The fourth-order valence-corrected chi connectivity index (χ4v) is 2.38. The van der Waals surface area contributed by atoms with Crippen LogP contribution in [0.4, 0.5) is 5.69 Å². The molecule has 1 N–H and O–H groups in total. The zero-order valence-corrected chi connectivity index (χ0v) is 14.4. The van der Waals surface area contributed by atoms with Crippen LogP contribution < -0.4 is 5.06 Å². The highest BCUT2D eigenvalue weighted by molar-refractivity contribution is 6.12. The summed E-state index contributed by atoms with van der Waals surface area (Å²) in [6.07, 6.45) is 0. The Balaban J connectivity index is 2.29. The number of anilines is 1. The van der Waals surface area contributed by atoms with Gasteiger partial charge >= 0.3 is 0 Å². The number of hydroxylamine groups is 1. The van der Waals surface area contributed by atoms with Gasteiger partial charge in [0.05, 0.1) is 11.3 Å². The van der Waals surface area contributed by atoms with E-state index in [0.29, 0.717) is 11.6 Å². The van der Waals surface area contributed by atoms with Crippen LogP contribution in [0, 0.1) is 0 Å². The molecule has 0 aliphatic rings. The van der Waals surface area contributed by atoms with Crippen molar-refractivity contribution in [3.8, 4) is 0 Å². The van der Waals surface area contributed by atoms with E-state index in [1.165, 1.54) is 24.8 Å². The predicted octanol–water partition coefficient (Wildman–Crippen LogP) is 2.90. The van der Waals surface area contributed by atoms with Gasteiger partial charge in [-0.25, -0.2) is 0 Å². The first kappa shape index (κ1) is 18.4. The van der Waals surface area contributed by atoms with Gasteiger partial charge in [-0.15, -0.1) is 0 Å². The van der Waals surface area contributed by atoms with Crippen LogP contribution in [-0.2, 0) is 11.3 Å². The molecule has 0 fully saturated rings. The van der Waals surface area contributed by atoms with E-state index in [0.717, 1.165) is 5.56 Å². The molecule has 0 spiro atoms. The number of hydrogen-bond acceptors (Lipinski definition) is 4. The first-order chi connectivity index (χ1) is 11.8. The standard InChI is InChI=1S/C19H20N2O4/c1-13(22)17-9-4-5-10-18(17)19(24)21(25)16-8-6-7-15(11-16)12-20(3)14(2)23/h4-11,25H,12H2,1-3H3. The number of Topliss-reactive ketones (excluding diaryl/α,β-unsaturated/α-hetero) is 1. The molecule has 2 aromatic carbocycles. The van der Waals surface area contributed by atoms with Crippen molar-refractivity contribution in [2.45, 2.75) is 20.4 Å². The maximum Gasteiger partial charge on any atom is 0.282 e. The van der Waals surface area contributed by atoms with Crippen molar-refractivity contribution in [2.75, 3.05) is 12.1 Å². The summed E-state index contributed by atoms with van der Waals surface area (Å²) in [5, 5.41) is 10.8. The number of ketones is 1. The van der Waals surface area contributed by atoms with E-state index in [1.807, 2.05) is 0 Å². The summed E-state index contributed by atoms with van der Waals surface area (Å²) in [6.45, 7) is 3.19. The Morgan fingerprint density at radius 1 is 0.960 bits per heavy atom. The summed E-state index contributed by atoms with van der Waals surface area (Å²) < 4.78 is 0. The molecule has 0 aliphatic carbocycles. The van der Waals surface area contributed by atoms with Gasteiger partial charge < -0.3 is 4.90 Å². The van der Waals surface area contributed by atoms with Gasteiger partial charge in [-0.05, 0) is 30.7 Å². The molecule has 2 rings (SSSR count). The molecule has 6 heteroatoms. The second kappa shape index (κ2) is 7.72. The number of carbonyl (C=O) groups is 3. The lowest BCUT2D eigenvalue weighted by Crippen LogP contribution is -2.29. The molecule has 130 valence electrons. The monoisotopic (exact) mass is 340 g/mol. The van der Waals surface area contributed by atoms with E-state index in [-0.39, 0.29) is 28.5 Å². The second-order valence-corrected chi connectivity index (χ2v) is 5.76. The molecule has 0 radical (unpaired) electrons. The van der Waals surface area contributed by atoms with Crippen molar-refractivity contribution < 1.29 is 19.6 Å². The van der Waals surface area contributed by atoms with Gasteiger partial charge in [-0.2, -0.15) is 5.06 Å². The van der Waals surface area contributed by atoms with Crippen LogP contribution in [0.15, 0.2) is 48.5 Å². The molecule has 0 heterocycles. The minimum absolute atomic E-state index is 0.0854. The summed E-state index contributed by atoms with van der Waals surface area (Å²) in [4.78, 5) is 37.1. The van der Waals surface area contributed by atoms with Crippen LogP contribution in [0.2, 0.25) is 0 Å². The fraction of sp³-hybridized carbons (Fsp3) is 0.211. The molecule has 0 bridgehead atoms. The highest BCUT2D eigenvalue weighted by Crippen LogP contribution is 2.20. The van der Waals surface area contributed by atoms with Gasteiger partial charge in [0.25, 0.3) is 5.91 Å². The van der Waals surface area contributed by atoms with Gasteiger partial charge in [0.15, 0.2) is 5.78 Å². The number of rotatable bonds is 5. The smallest absolute Gasteiger partial charge is 0.282 e. The van der Waals surface area contributed by atoms with Gasteiger partial charge in [0.1, 0.15) is 0 Å². The third-order valence-electron chi connectivity index (χ3n) is 3.84. The van der Waals surface area contributed by atoms with Crippen molar-refractivity contribution in [3.05, 3.63) is 65.2 Å². The largest absolute Gasteiger partial charge is 0.342 e. The highest BCUT2D eigenvalue weighted by atomic mass is 16.5. The predicted molar refractivity (Wildman–Crippen MR) is 93.6 cm³/mol.